The van der Waals surface area contributed by atoms with Gasteiger partial charge in [-0.05, 0) is 6.92 Å². The number of carbonyl (C=O) groups excluding carboxylic acids is 1. The zero-order chi connectivity index (χ0) is 10.8. The fraction of sp³-hybridized carbons (Fsp3) is 0.875. The number of carbonyl (C=O) groups is 1. The number of hydrogen-bond donors (Lipinski definition) is 2. The standard InChI is InChI=1S/C8H14Cl2N2O2/c1-8(4-14-3-5(8)11)7(13)12-2-6(9)10/h5-6H,2-4,11H2,1H3,(H,12,13). The Kier molecular flexibility index (Phi) is 4.01. The van der Waals surface area contributed by atoms with Crippen molar-refractivity contribution in [1.29, 1.82) is 0 Å². The van der Waals surface area contributed by atoms with Crippen molar-refractivity contribution in [2.75, 3.05) is 19.8 Å². The van der Waals surface area contributed by atoms with E-state index in [0.717, 1.165) is 0 Å². The Bertz CT molecular complexity index is 225. The Hall–Kier alpha value is -0.0300. The van der Waals surface area contributed by atoms with Gasteiger partial charge < -0.3 is 15.8 Å². The van der Waals surface area contributed by atoms with Gasteiger partial charge in [-0.2, -0.15) is 0 Å². The second-order valence-electron chi connectivity index (χ2n) is 3.64. The number of nitrogens with one attached hydrogen (secondary N) is 1. The number of ether oxygens (including phenoxy) is 1. The highest BCUT2D eigenvalue weighted by molar-refractivity contribution is 6.44. The van der Waals surface area contributed by atoms with Crippen molar-refractivity contribution in [3.05, 3.63) is 0 Å². The summed E-state index contributed by atoms with van der Waals surface area (Å²) in [5, 5.41) is 2.63. The molecule has 0 aromatic heterocycles. The average molecular weight is 241 g/mol. The van der Waals surface area contributed by atoms with Crippen molar-refractivity contribution in [3.63, 3.8) is 0 Å². The predicted molar refractivity (Wildman–Crippen MR) is 55.4 cm³/mol. The van der Waals surface area contributed by atoms with Gasteiger partial charge in [-0.1, -0.05) is 0 Å². The number of amides is 1. The SMILES string of the molecule is CC1(C(=O)NCC(Cl)Cl)COCC1N. The molecule has 0 aromatic carbocycles. The molecule has 0 saturated carbocycles. The molecule has 1 aliphatic rings. The van der Waals surface area contributed by atoms with Crippen LogP contribution in [0.4, 0.5) is 0 Å². The predicted octanol–water partition coefficient (Wildman–Crippen LogP) is 0.270. The number of alkyl halides is 2. The van der Waals surface area contributed by atoms with Gasteiger partial charge in [-0.15, -0.1) is 23.2 Å². The van der Waals surface area contributed by atoms with E-state index in [1.807, 2.05) is 0 Å². The molecule has 1 aliphatic heterocycles. The highest BCUT2D eigenvalue weighted by Gasteiger charge is 2.44. The van der Waals surface area contributed by atoms with Crippen LogP contribution in [-0.4, -0.2) is 36.5 Å². The van der Waals surface area contributed by atoms with E-state index in [2.05, 4.69) is 5.32 Å². The molecule has 0 spiro atoms. The van der Waals surface area contributed by atoms with E-state index in [1.54, 1.807) is 6.92 Å². The first-order valence-corrected chi connectivity index (χ1v) is 5.24. The molecule has 2 unspecified atom stereocenters. The molecule has 0 aromatic rings. The highest BCUT2D eigenvalue weighted by atomic mass is 35.5. The second-order valence-corrected chi connectivity index (χ2v) is 4.92. The van der Waals surface area contributed by atoms with Crippen molar-refractivity contribution >= 4 is 29.1 Å². The smallest absolute Gasteiger partial charge is 0.230 e. The lowest BCUT2D eigenvalue weighted by Crippen LogP contribution is -2.50. The van der Waals surface area contributed by atoms with E-state index in [0.29, 0.717) is 13.2 Å². The first-order valence-electron chi connectivity index (χ1n) is 4.36. The second kappa shape index (κ2) is 4.66. The molecule has 1 saturated heterocycles. The average Bonchev–Trinajstić information content (AvgIpc) is 2.44. The van der Waals surface area contributed by atoms with Gasteiger partial charge in [-0.3, -0.25) is 4.79 Å². The van der Waals surface area contributed by atoms with Crippen LogP contribution in [0.25, 0.3) is 0 Å². The zero-order valence-corrected chi connectivity index (χ0v) is 9.44. The monoisotopic (exact) mass is 240 g/mol. The summed E-state index contributed by atoms with van der Waals surface area (Å²) in [5.74, 6) is -0.159. The quantitative estimate of drug-likeness (QED) is 0.697. The number of nitrogens with two attached hydrogens (primary N) is 1. The minimum Gasteiger partial charge on any atom is -0.379 e. The molecule has 1 rings (SSSR count). The van der Waals surface area contributed by atoms with E-state index in [-0.39, 0.29) is 18.5 Å². The fourth-order valence-corrected chi connectivity index (χ4v) is 1.45. The molecule has 1 fully saturated rings. The Morgan fingerprint density at radius 1 is 1.79 bits per heavy atom. The molecule has 0 radical (unpaired) electrons. The Morgan fingerprint density at radius 2 is 2.43 bits per heavy atom. The van der Waals surface area contributed by atoms with Crippen molar-refractivity contribution in [2.45, 2.75) is 17.8 Å². The molecule has 6 heteroatoms. The van der Waals surface area contributed by atoms with Crippen molar-refractivity contribution < 1.29 is 9.53 Å². The Labute approximate surface area is 93.1 Å². The van der Waals surface area contributed by atoms with Crippen LogP contribution in [0.15, 0.2) is 0 Å². The molecular formula is C8H14Cl2N2O2. The summed E-state index contributed by atoms with van der Waals surface area (Å²) in [4.78, 5) is 11.1. The van der Waals surface area contributed by atoms with E-state index >= 15 is 0 Å². The van der Waals surface area contributed by atoms with Crippen molar-refractivity contribution in [1.82, 2.24) is 5.32 Å². The van der Waals surface area contributed by atoms with Gasteiger partial charge in [0.05, 0.1) is 18.6 Å². The van der Waals surface area contributed by atoms with E-state index in [4.69, 9.17) is 33.7 Å². The van der Waals surface area contributed by atoms with Crippen LogP contribution in [0.2, 0.25) is 0 Å². The minimum absolute atomic E-state index is 0.159. The van der Waals surface area contributed by atoms with Crippen LogP contribution >= 0.6 is 23.2 Å². The van der Waals surface area contributed by atoms with Gasteiger partial charge in [0.15, 0.2) is 0 Å². The van der Waals surface area contributed by atoms with Gasteiger partial charge in [-0.25, -0.2) is 0 Å². The van der Waals surface area contributed by atoms with Crippen LogP contribution in [0, 0.1) is 5.41 Å². The van der Waals surface area contributed by atoms with Crippen LogP contribution < -0.4 is 11.1 Å². The highest BCUT2D eigenvalue weighted by Crippen LogP contribution is 2.27. The van der Waals surface area contributed by atoms with Gasteiger partial charge in [0, 0.05) is 12.6 Å². The molecule has 0 bridgehead atoms. The summed E-state index contributed by atoms with van der Waals surface area (Å²) in [7, 11) is 0. The molecule has 1 heterocycles. The molecule has 3 N–H and O–H groups in total. The lowest BCUT2D eigenvalue weighted by Gasteiger charge is -2.25. The zero-order valence-electron chi connectivity index (χ0n) is 7.93. The van der Waals surface area contributed by atoms with Crippen molar-refractivity contribution in [2.24, 2.45) is 11.1 Å². The van der Waals surface area contributed by atoms with Gasteiger partial charge in [0.25, 0.3) is 0 Å². The van der Waals surface area contributed by atoms with Crippen LogP contribution in [0.1, 0.15) is 6.92 Å². The summed E-state index contributed by atoms with van der Waals surface area (Å²) in [6.07, 6.45) is 0. The third-order valence-electron chi connectivity index (χ3n) is 2.45. The lowest BCUT2D eigenvalue weighted by molar-refractivity contribution is -0.130. The van der Waals surface area contributed by atoms with Gasteiger partial charge in [0.1, 0.15) is 4.84 Å². The third-order valence-corrected chi connectivity index (χ3v) is 2.76. The molecule has 4 nitrogen and oxygen atoms in total. The van der Waals surface area contributed by atoms with E-state index in [1.165, 1.54) is 0 Å². The Morgan fingerprint density at radius 3 is 2.86 bits per heavy atom. The molecule has 1 amide bonds. The van der Waals surface area contributed by atoms with Crippen LogP contribution in [0.5, 0.6) is 0 Å². The first kappa shape index (κ1) is 12.0. The molecular weight excluding hydrogens is 227 g/mol. The number of hydrogen-bond acceptors (Lipinski definition) is 3. The maximum Gasteiger partial charge on any atom is 0.230 e. The lowest BCUT2D eigenvalue weighted by atomic mass is 9.85. The summed E-state index contributed by atoms with van der Waals surface area (Å²) >= 11 is 11.0. The fourth-order valence-electron chi connectivity index (χ4n) is 1.29. The first-order chi connectivity index (χ1) is 6.47. The summed E-state index contributed by atoms with van der Waals surface area (Å²) in [6, 6.07) is -0.272. The van der Waals surface area contributed by atoms with Gasteiger partial charge in [0.2, 0.25) is 5.91 Å². The number of halogens is 2. The molecule has 82 valence electrons. The maximum absolute atomic E-state index is 11.7. The molecule has 2 atom stereocenters. The summed E-state index contributed by atoms with van der Waals surface area (Å²) < 4.78 is 5.15. The van der Waals surface area contributed by atoms with Crippen LogP contribution in [-0.2, 0) is 9.53 Å². The van der Waals surface area contributed by atoms with E-state index < -0.39 is 10.3 Å². The molecule has 0 aliphatic carbocycles. The normalized spacial score (nSPS) is 32.2. The third kappa shape index (κ3) is 2.51. The van der Waals surface area contributed by atoms with Crippen LogP contribution in [0.3, 0.4) is 0 Å². The maximum atomic E-state index is 11.7. The number of rotatable bonds is 3. The van der Waals surface area contributed by atoms with Crippen molar-refractivity contribution in [3.8, 4) is 0 Å². The Balaban J connectivity index is 2.50. The summed E-state index contributed by atoms with van der Waals surface area (Å²) in [6.45, 7) is 2.76. The minimum atomic E-state index is -0.664. The summed E-state index contributed by atoms with van der Waals surface area (Å²) in [5.41, 5.74) is 5.10. The van der Waals surface area contributed by atoms with E-state index in [9.17, 15) is 4.79 Å². The topological polar surface area (TPSA) is 64.3 Å². The largest absolute Gasteiger partial charge is 0.379 e. The van der Waals surface area contributed by atoms with Gasteiger partial charge >= 0.3 is 0 Å². The molecule has 14 heavy (non-hydrogen) atoms.